The summed E-state index contributed by atoms with van der Waals surface area (Å²) >= 11 is 0. The van der Waals surface area contributed by atoms with Crippen LogP contribution in [0.3, 0.4) is 0 Å². The molecule has 26 valence electrons. The average Bonchev–Trinajstić information content (AvgIpc) is 1.41. The van der Waals surface area contributed by atoms with Crippen molar-refractivity contribution in [3.05, 3.63) is 18.1 Å². The van der Waals surface area contributed by atoms with Gasteiger partial charge in [-0.25, -0.2) is 0 Å². The van der Waals surface area contributed by atoms with Gasteiger partial charge >= 0.3 is 8.46 Å². The van der Waals surface area contributed by atoms with Crippen LogP contribution in [-0.4, -0.2) is 0 Å². The Hall–Kier alpha value is -0.380. The molecule has 0 aliphatic heterocycles. The van der Waals surface area contributed by atoms with Gasteiger partial charge in [-0.15, -0.1) is 0 Å². The molecule has 0 aliphatic carbocycles. The van der Waals surface area contributed by atoms with Gasteiger partial charge < -0.3 is 0 Å². The molecule has 0 aromatic heterocycles. The van der Waals surface area contributed by atoms with E-state index in [0.717, 1.165) is 0 Å². The van der Waals surface area contributed by atoms with Crippen LogP contribution in [0.2, 0.25) is 0 Å². The van der Waals surface area contributed by atoms with Crippen LogP contribution in [0.5, 0.6) is 0 Å². The van der Waals surface area contributed by atoms with Crippen molar-refractivity contribution in [2.45, 2.75) is 0 Å². The molecule has 0 saturated heterocycles. The van der Waals surface area contributed by atoms with Crippen LogP contribution < -0.4 is 0 Å². The molecular formula is C3H4OP+. The highest BCUT2D eigenvalue weighted by molar-refractivity contribution is 7.27. The summed E-state index contributed by atoms with van der Waals surface area (Å²) in [6.45, 7) is 3.18. The van der Waals surface area contributed by atoms with E-state index in [4.69, 9.17) is 0 Å². The minimum absolute atomic E-state index is 0.391. The minimum Gasteiger partial charge on any atom is -0.0799 e. The molecule has 1 atom stereocenters. The molecule has 0 aliphatic rings. The lowest BCUT2D eigenvalue weighted by molar-refractivity contribution is 0.603. The molecule has 0 fully saturated rings. The Labute approximate surface area is 32.2 Å². The lowest BCUT2D eigenvalue weighted by Crippen LogP contribution is -1.11. The third-order valence-corrected chi connectivity index (χ3v) is 0.483. The molecule has 0 heterocycles. The first-order chi connectivity index (χ1) is 2.41. The molecule has 2 heteroatoms. The van der Waals surface area contributed by atoms with Crippen LogP contribution in [0.15, 0.2) is 18.1 Å². The SMILES string of the molecule is C=C=C[PH+]=O. The van der Waals surface area contributed by atoms with Crippen LogP contribution in [0.25, 0.3) is 0 Å². The smallest absolute Gasteiger partial charge is 0.0799 e. The molecule has 0 radical (unpaired) electrons. The predicted octanol–water partition coefficient (Wildman–Crippen LogP) is 1.31. The molecule has 1 unspecified atom stereocenters. The van der Waals surface area contributed by atoms with Gasteiger partial charge in [0.1, 0.15) is 0 Å². The zero-order chi connectivity index (χ0) is 4.12. The summed E-state index contributed by atoms with van der Waals surface area (Å²) in [5, 5.41) is 0. The number of rotatable bonds is 1. The summed E-state index contributed by atoms with van der Waals surface area (Å²) in [6, 6.07) is 0. The molecule has 0 aromatic carbocycles. The first-order valence-electron chi connectivity index (χ1n) is 1.14. The maximum absolute atomic E-state index is 9.40. The Balaban J connectivity index is 3.31. The highest BCUT2D eigenvalue weighted by Crippen LogP contribution is 1.86. The molecule has 0 bridgehead atoms. The van der Waals surface area contributed by atoms with E-state index in [2.05, 4.69) is 12.3 Å². The zero-order valence-electron chi connectivity index (χ0n) is 2.69. The Morgan fingerprint density at radius 1 is 2.00 bits per heavy atom. The van der Waals surface area contributed by atoms with Gasteiger partial charge in [-0.3, -0.25) is 0 Å². The van der Waals surface area contributed by atoms with Crippen molar-refractivity contribution >= 4 is 8.46 Å². The summed E-state index contributed by atoms with van der Waals surface area (Å²) in [6.07, 6.45) is 0. The van der Waals surface area contributed by atoms with Gasteiger partial charge in [-0.05, 0) is 0 Å². The summed E-state index contributed by atoms with van der Waals surface area (Å²) in [5.74, 6) is 1.36. The summed E-state index contributed by atoms with van der Waals surface area (Å²) in [7, 11) is -0.391. The predicted molar refractivity (Wildman–Crippen MR) is 22.7 cm³/mol. The van der Waals surface area contributed by atoms with Gasteiger partial charge in [0.25, 0.3) is 0 Å². The van der Waals surface area contributed by atoms with Gasteiger partial charge in [-0.2, -0.15) is 0 Å². The van der Waals surface area contributed by atoms with Crippen molar-refractivity contribution in [3.63, 3.8) is 0 Å². The van der Waals surface area contributed by atoms with E-state index in [9.17, 15) is 4.57 Å². The summed E-state index contributed by atoms with van der Waals surface area (Å²) in [4.78, 5) is 0. The molecule has 0 spiro atoms. The second-order valence-corrected chi connectivity index (χ2v) is 0.991. The fraction of sp³-hybridized carbons (Fsp3) is 0. The van der Waals surface area contributed by atoms with Crippen molar-refractivity contribution in [1.29, 1.82) is 0 Å². The second kappa shape index (κ2) is 3.62. The van der Waals surface area contributed by atoms with E-state index >= 15 is 0 Å². The van der Waals surface area contributed by atoms with E-state index in [1.807, 2.05) is 0 Å². The summed E-state index contributed by atoms with van der Waals surface area (Å²) in [5.41, 5.74) is 2.34. The molecule has 1 nitrogen and oxygen atoms in total. The van der Waals surface area contributed by atoms with Gasteiger partial charge in [-0.1, -0.05) is 16.9 Å². The zero-order valence-corrected chi connectivity index (χ0v) is 3.69. The Morgan fingerprint density at radius 3 is 2.60 bits per heavy atom. The fourth-order valence-electron chi connectivity index (χ4n) is 0.0417. The third-order valence-electron chi connectivity index (χ3n) is 0.161. The second-order valence-electron chi connectivity index (χ2n) is 0.466. The molecule has 0 rings (SSSR count). The van der Waals surface area contributed by atoms with E-state index in [1.54, 1.807) is 0 Å². The Bertz CT molecular complexity index is 71.0. The Morgan fingerprint density at radius 2 is 2.60 bits per heavy atom. The first kappa shape index (κ1) is 4.62. The van der Waals surface area contributed by atoms with Crippen LogP contribution in [0.4, 0.5) is 0 Å². The number of hydrogen-bond acceptors (Lipinski definition) is 1. The highest BCUT2D eigenvalue weighted by Gasteiger charge is 1.61. The normalized spacial score (nSPS) is 6.40. The number of hydrogen-bond donors (Lipinski definition) is 0. The highest BCUT2D eigenvalue weighted by atomic mass is 31.1. The van der Waals surface area contributed by atoms with E-state index in [-0.39, 0.29) is 0 Å². The quantitative estimate of drug-likeness (QED) is 0.348. The van der Waals surface area contributed by atoms with Gasteiger partial charge in [0.15, 0.2) is 5.82 Å². The maximum atomic E-state index is 9.40. The first-order valence-corrected chi connectivity index (χ1v) is 2.12. The maximum Gasteiger partial charge on any atom is 0.363 e. The van der Waals surface area contributed by atoms with Crippen molar-refractivity contribution in [2.24, 2.45) is 0 Å². The van der Waals surface area contributed by atoms with Gasteiger partial charge in [0, 0.05) is 0 Å². The fourth-order valence-corrected chi connectivity index (χ4v) is 0.125. The van der Waals surface area contributed by atoms with Gasteiger partial charge in [0.05, 0.1) is 0 Å². The molecule has 0 aromatic rings. The lowest BCUT2D eigenvalue weighted by Gasteiger charge is -1.27. The van der Waals surface area contributed by atoms with Crippen LogP contribution >= 0.6 is 8.46 Å². The molecule has 0 N–H and O–H groups in total. The average molecular weight is 87.0 g/mol. The lowest BCUT2D eigenvalue weighted by atomic mass is 11.0. The van der Waals surface area contributed by atoms with Crippen molar-refractivity contribution < 1.29 is 4.57 Å². The third kappa shape index (κ3) is 3.62. The standard InChI is InChI=1S/C3H3OP/c1-2-3-5-4/h3H,1H2/p+1. The van der Waals surface area contributed by atoms with Crippen LogP contribution in [0, 0.1) is 0 Å². The van der Waals surface area contributed by atoms with Crippen molar-refractivity contribution in [3.8, 4) is 0 Å². The minimum atomic E-state index is -0.391. The van der Waals surface area contributed by atoms with Crippen molar-refractivity contribution in [1.82, 2.24) is 0 Å². The van der Waals surface area contributed by atoms with Crippen molar-refractivity contribution in [2.75, 3.05) is 0 Å². The Kier molecular flexibility index (Phi) is 3.34. The molecule has 0 amide bonds. The summed E-state index contributed by atoms with van der Waals surface area (Å²) < 4.78 is 9.40. The molecule has 0 saturated carbocycles. The van der Waals surface area contributed by atoms with Gasteiger partial charge in [0.2, 0.25) is 0 Å². The molecule has 5 heavy (non-hydrogen) atoms. The topological polar surface area (TPSA) is 17.1 Å². The van der Waals surface area contributed by atoms with E-state index < -0.39 is 8.46 Å². The van der Waals surface area contributed by atoms with Crippen LogP contribution in [-0.2, 0) is 4.57 Å². The monoisotopic (exact) mass is 87.0 g/mol. The molecular weight excluding hydrogens is 83.0 g/mol. The van der Waals surface area contributed by atoms with E-state index in [0.29, 0.717) is 0 Å². The van der Waals surface area contributed by atoms with Crippen LogP contribution in [0.1, 0.15) is 0 Å². The van der Waals surface area contributed by atoms with E-state index in [1.165, 1.54) is 5.82 Å². The largest absolute Gasteiger partial charge is 0.363 e.